The van der Waals surface area contributed by atoms with Crippen molar-refractivity contribution in [3.63, 3.8) is 0 Å². The van der Waals surface area contributed by atoms with E-state index in [1.54, 1.807) is 30.3 Å². The number of phenols is 2. The highest BCUT2D eigenvalue weighted by Crippen LogP contribution is 2.35. The minimum atomic E-state index is -0.386. The number of hydrogen-bond donors (Lipinski definition) is 2. The maximum absolute atomic E-state index is 12.5. The molecular formula is C17H16O5. The Labute approximate surface area is 128 Å². The van der Waals surface area contributed by atoms with E-state index in [2.05, 4.69) is 0 Å². The lowest BCUT2D eigenvalue weighted by Gasteiger charge is -2.14. The number of rotatable bonds is 5. The minimum Gasteiger partial charge on any atom is -0.504 e. The van der Waals surface area contributed by atoms with Gasteiger partial charge in [-0.25, -0.2) is 0 Å². The van der Waals surface area contributed by atoms with Crippen LogP contribution in [0.25, 0.3) is 5.76 Å². The van der Waals surface area contributed by atoms with Crippen LogP contribution in [0.15, 0.2) is 54.3 Å². The van der Waals surface area contributed by atoms with Gasteiger partial charge in [-0.1, -0.05) is 36.4 Å². The van der Waals surface area contributed by atoms with Crippen LogP contribution in [0.2, 0.25) is 0 Å². The topological polar surface area (TPSA) is 76.0 Å². The number of hydrogen-bond acceptors (Lipinski definition) is 5. The fraction of sp³-hybridized carbons (Fsp3) is 0.118. The predicted molar refractivity (Wildman–Crippen MR) is 81.5 cm³/mol. The summed E-state index contributed by atoms with van der Waals surface area (Å²) >= 11 is 0. The van der Waals surface area contributed by atoms with Gasteiger partial charge in [-0.3, -0.25) is 4.79 Å². The molecule has 5 nitrogen and oxygen atoms in total. The second kappa shape index (κ2) is 6.67. The van der Waals surface area contributed by atoms with Crippen LogP contribution in [0.3, 0.4) is 0 Å². The first kappa shape index (κ1) is 15.4. The van der Waals surface area contributed by atoms with Crippen LogP contribution in [-0.2, 0) is 9.47 Å². The molecule has 0 saturated carbocycles. The highest BCUT2D eigenvalue weighted by Gasteiger charge is 2.23. The number of ether oxygens (including phenoxy) is 2. The monoisotopic (exact) mass is 300 g/mol. The van der Waals surface area contributed by atoms with Crippen molar-refractivity contribution in [2.24, 2.45) is 0 Å². The Kier molecular flexibility index (Phi) is 4.68. The maximum atomic E-state index is 12.5. The van der Waals surface area contributed by atoms with Crippen molar-refractivity contribution in [1.82, 2.24) is 0 Å². The molecule has 0 fully saturated rings. The molecule has 0 aliphatic rings. The van der Waals surface area contributed by atoms with Gasteiger partial charge in [0.15, 0.2) is 17.3 Å². The summed E-state index contributed by atoms with van der Waals surface area (Å²) in [7, 11) is 2.70. The molecule has 0 aliphatic heterocycles. The summed E-state index contributed by atoms with van der Waals surface area (Å²) in [6.07, 6.45) is 0. The molecule has 2 aromatic rings. The number of Topliss-reactive ketones (excluding diaryl/α,β-unsaturated/α-hetero) is 1. The van der Waals surface area contributed by atoms with Gasteiger partial charge in [0.1, 0.15) is 0 Å². The average molecular weight is 300 g/mol. The average Bonchev–Trinajstić information content (AvgIpc) is 2.56. The normalized spacial score (nSPS) is 11.5. The SMILES string of the molecule is COC(C(=O)c1ccccc1)=C(OC)c1cccc(O)c1O. The Hall–Kier alpha value is -2.95. The van der Waals surface area contributed by atoms with Gasteiger partial charge in [0.05, 0.1) is 19.8 Å². The van der Waals surface area contributed by atoms with Gasteiger partial charge in [0, 0.05) is 5.56 Å². The van der Waals surface area contributed by atoms with E-state index in [4.69, 9.17) is 9.47 Å². The summed E-state index contributed by atoms with van der Waals surface area (Å²) in [4.78, 5) is 12.5. The number of phenolic OH excluding ortho intramolecular Hbond substituents is 2. The first-order valence-electron chi connectivity index (χ1n) is 6.53. The molecule has 0 atom stereocenters. The predicted octanol–water partition coefficient (Wildman–Crippen LogP) is 2.94. The first-order chi connectivity index (χ1) is 10.6. The molecule has 0 amide bonds. The van der Waals surface area contributed by atoms with Gasteiger partial charge in [0.25, 0.3) is 0 Å². The van der Waals surface area contributed by atoms with Crippen LogP contribution in [0.1, 0.15) is 15.9 Å². The molecule has 0 unspecified atom stereocenters. The molecule has 0 heterocycles. The maximum Gasteiger partial charge on any atom is 0.231 e. The molecule has 0 spiro atoms. The lowest BCUT2D eigenvalue weighted by atomic mass is 10.0. The Morgan fingerprint density at radius 1 is 0.909 bits per heavy atom. The number of ketones is 1. The lowest BCUT2D eigenvalue weighted by molar-refractivity contribution is 0.0947. The van der Waals surface area contributed by atoms with E-state index in [0.29, 0.717) is 5.56 Å². The van der Waals surface area contributed by atoms with Crippen molar-refractivity contribution < 1.29 is 24.5 Å². The van der Waals surface area contributed by atoms with E-state index < -0.39 is 0 Å². The van der Waals surface area contributed by atoms with Crippen molar-refractivity contribution in [2.75, 3.05) is 14.2 Å². The van der Waals surface area contributed by atoms with E-state index in [9.17, 15) is 15.0 Å². The standard InChI is InChI=1S/C17H16O5/c1-21-16(12-9-6-10-13(18)15(12)20)17(22-2)14(19)11-7-4-3-5-8-11/h3-10,18,20H,1-2H3. The Morgan fingerprint density at radius 2 is 1.59 bits per heavy atom. The number of para-hydroxylation sites is 1. The third kappa shape index (κ3) is 2.88. The molecule has 0 saturated heterocycles. The molecular weight excluding hydrogens is 284 g/mol. The Bertz CT molecular complexity index is 704. The van der Waals surface area contributed by atoms with Gasteiger partial charge in [-0.05, 0) is 12.1 Å². The number of carbonyl (C=O) groups excluding carboxylic acids is 1. The van der Waals surface area contributed by atoms with Crippen molar-refractivity contribution in [1.29, 1.82) is 0 Å². The number of allylic oxidation sites excluding steroid dienone is 1. The van der Waals surface area contributed by atoms with Crippen LogP contribution in [0.4, 0.5) is 0 Å². The van der Waals surface area contributed by atoms with E-state index in [0.717, 1.165) is 0 Å². The van der Waals surface area contributed by atoms with Crippen LogP contribution >= 0.6 is 0 Å². The third-order valence-corrected chi connectivity index (χ3v) is 3.12. The molecule has 2 aromatic carbocycles. The molecule has 2 N–H and O–H groups in total. The van der Waals surface area contributed by atoms with Gasteiger partial charge in [-0.2, -0.15) is 0 Å². The fourth-order valence-corrected chi connectivity index (χ4v) is 2.05. The van der Waals surface area contributed by atoms with Gasteiger partial charge in [0.2, 0.25) is 11.5 Å². The zero-order valence-corrected chi connectivity index (χ0v) is 12.2. The number of carbonyl (C=O) groups is 1. The second-order valence-corrected chi connectivity index (χ2v) is 4.43. The fourth-order valence-electron chi connectivity index (χ4n) is 2.05. The molecule has 0 aliphatic carbocycles. The highest BCUT2D eigenvalue weighted by atomic mass is 16.5. The third-order valence-electron chi connectivity index (χ3n) is 3.12. The molecule has 0 bridgehead atoms. The quantitative estimate of drug-likeness (QED) is 0.384. The summed E-state index contributed by atoms with van der Waals surface area (Å²) in [6, 6.07) is 12.9. The van der Waals surface area contributed by atoms with Gasteiger partial charge >= 0.3 is 0 Å². The van der Waals surface area contributed by atoms with Crippen LogP contribution in [-0.4, -0.2) is 30.2 Å². The highest BCUT2D eigenvalue weighted by molar-refractivity contribution is 6.11. The summed E-state index contributed by atoms with van der Waals surface area (Å²) in [5.74, 6) is -1.09. The number of aromatic hydroxyl groups is 2. The van der Waals surface area contributed by atoms with E-state index in [1.807, 2.05) is 0 Å². The number of benzene rings is 2. The molecule has 5 heteroatoms. The Morgan fingerprint density at radius 3 is 2.18 bits per heavy atom. The van der Waals surface area contributed by atoms with Crippen molar-refractivity contribution in [3.05, 3.63) is 65.4 Å². The summed E-state index contributed by atoms with van der Waals surface area (Å²) in [6.45, 7) is 0. The Balaban J connectivity index is 2.59. The minimum absolute atomic E-state index is 0.0461. The lowest BCUT2D eigenvalue weighted by Crippen LogP contribution is -2.09. The van der Waals surface area contributed by atoms with Crippen LogP contribution < -0.4 is 0 Å². The van der Waals surface area contributed by atoms with Gasteiger partial charge < -0.3 is 19.7 Å². The zero-order valence-electron chi connectivity index (χ0n) is 12.2. The largest absolute Gasteiger partial charge is 0.504 e. The van der Waals surface area contributed by atoms with E-state index in [-0.39, 0.29) is 34.4 Å². The molecule has 114 valence electrons. The number of methoxy groups -OCH3 is 2. The van der Waals surface area contributed by atoms with E-state index in [1.165, 1.54) is 32.4 Å². The molecule has 2 rings (SSSR count). The summed E-state index contributed by atoms with van der Waals surface area (Å²) in [5, 5.41) is 19.6. The van der Waals surface area contributed by atoms with Gasteiger partial charge in [-0.15, -0.1) is 0 Å². The van der Waals surface area contributed by atoms with Crippen LogP contribution in [0.5, 0.6) is 11.5 Å². The molecule has 22 heavy (non-hydrogen) atoms. The summed E-state index contributed by atoms with van der Waals surface area (Å²) < 4.78 is 10.4. The van der Waals surface area contributed by atoms with Crippen molar-refractivity contribution in [3.8, 4) is 11.5 Å². The smallest absolute Gasteiger partial charge is 0.231 e. The first-order valence-corrected chi connectivity index (χ1v) is 6.53. The zero-order chi connectivity index (χ0) is 16.1. The summed E-state index contributed by atoms with van der Waals surface area (Å²) in [5.41, 5.74) is 0.595. The second-order valence-electron chi connectivity index (χ2n) is 4.43. The van der Waals surface area contributed by atoms with Crippen LogP contribution in [0, 0.1) is 0 Å². The van der Waals surface area contributed by atoms with E-state index >= 15 is 0 Å². The molecule has 0 aromatic heterocycles. The van der Waals surface area contributed by atoms with Crippen molar-refractivity contribution in [2.45, 2.75) is 0 Å². The molecule has 0 radical (unpaired) electrons. The van der Waals surface area contributed by atoms with Crippen molar-refractivity contribution >= 4 is 11.5 Å².